The van der Waals surface area contributed by atoms with Crippen LogP contribution in [-0.2, 0) is 19.5 Å². The highest BCUT2D eigenvalue weighted by atomic mass is 35.5. The molecule has 0 amide bonds. The van der Waals surface area contributed by atoms with Crippen molar-refractivity contribution in [3.63, 3.8) is 0 Å². The quantitative estimate of drug-likeness (QED) is 0.472. The average Bonchev–Trinajstić information content (AvgIpc) is 2.71. The lowest BCUT2D eigenvalue weighted by Gasteiger charge is -2.30. The van der Waals surface area contributed by atoms with Crippen LogP contribution in [0.5, 0.6) is 0 Å². The zero-order valence-electron chi connectivity index (χ0n) is 16.0. The molecule has 1 N–H and O–H groups in total. The molecule has 1 aliphatic heterocycles. The number of hydrogen-bond donors (Lipinski definition) is 1. The molecule has 1 aliphatic rings. The van der Waals surface area contributed by atoms with E-state index in [1.54, 1.807) is 19.1 Å². The molecule has 0 atom stereocenters. The van der Waals surface area contributed by atoms with E-state index >= 15 is 0 Å². The number of ether oxygens (including phenoxy) is 2. The fourth-order valence-corrected chi connectivity index (χ4v) is 5.02. The van der Waals surface area contributed by atoms with Gasteiger partial charge in [0, 0.05) is 13.1 Å². The maximum absolute atomic E-state index is 13.1. The number of hydrogen-bond acceptors (Lipinski definition) is 6. The molecule has 0 aliphatic carbocycles. The number of nitrogens with zero attached hydrogens (tertiary/aromatic N) is 1. The van der Waals surface area contributed by atoms with Crippen molar-refractivity contribution in [3.8, 4) is 0 Å². The summed E-state index contributed by atoms with van der Waals surface area (Å²) in [5.74, 6) is -0.556. The molecule has 0 spiro atoms. The Kier molecular flexibility index (Phi) is 7.36. The predicted molar refractivity (Wildman–Crippen MR) is 118 cm³/mol. The Morgan fingerprint density at radius 1 is 1.10 bits per heavy atom. The normalized spacial score (nSPS) is 14.5. The van der Waals surface area contributed by atoms with Crippen molar-refractivity contribution in [1.29, 1.82) is 0 Å². The van der Waals surface area contributed by atoms with E-state index in [0.29, 0.717) is 32.0 Å². The Labute approximate surface area is 189 Å². The van der Waals surface area contributed by atoms with E-state index in [2.05, 4.69) is 4.72 Å². The van der Waals surface area contributed by atoms with Gasteiger partial charge in [0.05, 0.1) is 51.8 Å². The van der Waals surface area contributed by atoms with Crippen molar-refractivity contribution in [2.45, 2.75) is 11.8 Å². The van der Waals surface area contributed by atoms with Gasteiger partial charge in [0.25, 0.3) is 10.0 Å². The number of esters is 1. The van der Waals surface area contributed by atoms with Crippen molar-refractivity contribution in [3.05, 3.63) is 51.0 Å². The van der Waals surface area contributed by atoms with Crippen LogP contribution >= 0.6 is 34.8 Å². The third-order valence-corrected chi connectivity index (χ3v) is 6.92. The Morgan fingerprint density at radius 2 is 1.77 bits per heavy atom. The average molecular weight is 494 g/mol. The fourth-order valence-electron chi connectivity index (χ4n) is 2.95. The van der Waals surface area contributed by atoms with Crippen LogP contribution in [0.25, 0.3) is 0 Å². The summed E-state index contributed by atoms with van der Waals surface area (Å²) in [6.07, 6.45) is 0. The molecule has 0 aromatic heterocycles. The zero-order chi connectivity index (χ0) is 21.9. The van der Waals surface area contributed by atoms with Crippen molar-refractivity contribution >= 4 is 62.2 Å². The molecule has 7 nitrogen and oxygen atoms in total. The van der Waals surface area contributed by atoms with Crippen LogP contribution < -0.4 is 9.62 Å². The monoisotopic (exact) mass is 492 g/mol. The summed E-state index contributed by atoms with van der Waals surface area (Å²) in [7, 11) is -4.13. The fraction of sp³-hybridized carbons (Fsp3) is 0.316. The van der Waals surface area contributed by atoms with Gasteiger partial charge < -0.3 is 14.4 Å². The summed E-state index contributed by atoms with van der Waals surface area (Å²) in [5, 5.41) is 0.111. The molecule has 11 heteroatoms. The lowest BCUT2D eigenvalue weighted by atomic mass is 10.1. The third kappa shape index (κ3) is 5.12. The van der Waals surface area contributed by atoms with Gasteiger partial charge in [-0.05, 0) is 37.3 Å². The summed E-state index contributed by atoms with van der Waals surface area (Å²) < 4.78 is 39.1. The molecule has 1 heterocycles. The number of rotatable bonds is 6. The number of nitrogens with one attached hydrogen (secondary N) is 1. The zero-order valence-corrected chi connectivity index (χ0v) is 19.0. The maximum atomic E-state index is 13.1. The summed E-state index contributed by atoms with van der Waals surface area (Å²) in [5.41, 5.74) is 1.03. The molecule has 3 rings (SSSR count). The summed E-state index contributed by atoms with van der Waals surface area (Å²) in [6, 6.07) is 7.14. The number of carbonyl (C=O) groups is 1. The highest BCUT2D eigenvalue weighted by molar-refractivity contribution is 7.92. The Balaban J connectivity index is 2.04. The van der Waals surface area contributed by atoms with E-state index < -0.39 is 16.0 Å². The van der Waals surface area contributed by atoms with Crippen LogP contribution in [0.4, 0.5) is 11.4 Å². The van der Waals surface area contributed by atoms with E-state index in [9.17, 15) is 13.2 Å². The second kappa shape index (κ2) is 9.62. The largest absolute Gasteiger partial charge is 0.462 e. The van der Waals surface area contributed by atoms with Gasteiger partial charge in [-0.15, -0.1) is 0 Å². The molecule has 1 fully saturated rings. The van der Waals surface area contributed by atoms with E-state index in [0.717, 1.165) is 0 Å². The molecular weight excluding hydrogens is 475 g/mol. The van der Waals surface area contributed by atoms with Crippen LogP contribution in [0, 0.1) is 0 Å². The SMILES string of the molecule is CCOC(=O)c1ccc(N2CCOCC2)c(NS(=O)(=O)c2cc(Cl)c(Cl)cc2Cl)c1. The van der Waals surface area contributed by atoms with E-state index in [-0.39, 0.29) is 37.8 Å². The van der Waals surface area contributed by atoms with Crippen LogP contribution in [0.2, 0.25) is 15.1 Å². The highest BCUT2D eigenvalue weighted by Gasteiger charge is 2.24. The number of halogens is 3. The van der Waals surface area contributed by atoms with Crippen LogP contribution in [0.1, 0.15) is 17.3 Å². The van der Waals surface area contributed by atoms with Crippen molar-refractivity contribution in [2.75, 3.05) is 42.5 Å². The predicted octanol–water partition coefficient (Wildman–Crippen LogP) is 4.46. The first-order valence-electron chi connectivity index (χ1n) is 9.04. The van der Waals surface area contributed by atoms with Gasteiger partial charge in [-0.25, -0.2) is 13.2 Å². The minimum atomic E-state index is -4.13. The topological polar surface area (TPSA) is 84.9 Å². The standard InChI is InChI=1S/C19H19Cl3N2O5S/c1-2-29-19(25)12-3-4-17(24-5-7-28-8-6-24)16(9-12)23-30(26,27)18-11-14(21)13(20)10-15(18)22/h3-4,9-11,23H,2,5-8H2,1H3. The summed E-state index contributed by atoms with van der Waals surface area (Å²) in [4.78, 5) is 13.9. The van der Waals surface area contributed by atoms with Crippen molar-refractivity contribution in [2.24, 2.45) is 0 Å². The number of sulfonamides is 1. The van der Waals surface area contributed by atoms with E-state index in [4.69, 9.17) is 44.3 Å². The number of benzene rings is 2. The maximum Gasteiger partial charge on any atom is 0.338 e. The molecule has 0 radical (unpaired) electrons. The molecule has 2 aromatic rings. The third-order valence-electron chi connectivity index (χ3n) is 4.37. The first kappa shape index (κ1) is 23.0. The second-order valence-electron chi connectivity index (χ2n) is 6.35. The highest BCUT2D eigenvalue weighted by Crippen LogP contribution is 2.35. The summed E-state index contributed by atoms with van der Waals surface area (Å²) in [6.45, 7) is 4.04. The molecule has 0 saturated carbocycles. The number of carbonyl (C=O) groups excluding carboxylic acids is 1. The Hall–Kier alpha value is -1.71. The second-order valence-corrected chi connectivity index (χ2v) is 9.23. The van der Waals surface area contributed by atoms with E-state index in [1.165, 1.54) is 18.2 Å². The molecular formula is C19H19Cl3N2O5S. The minimum absolute atomic E-state index is 0.0510. The molecule has 0 unspecified atom stereocenters. The van der Waals surface area contributed by atoms with Gasteiger partial charge in [-0.2, -0.15) is 0 Å². The van der Waals surface area contributed by atoms with Gasteiger partial charge in [0.15, 0.2) is 0 Å². The first-order chi connectivity index (χ1) is 14.2. The molecule has 30 heavy (non-hydrogen) atoms. The first-order valence-corrected chi connectivity index (χ1v) is 11.7. The number of anilines is 2. The minimum Gasteiger partial charge on any atom is -0.462 e. The van der Waals surface area contributed by atoms with Gasteiger partial charge in [-0.1, -0.05) is 34.8 Å². The van der Waals surface area contributed by atoms with Crippen LogP contribution in [-0.4, -0.2) is 47.3 Å². The van der Waals surface area contributed by atoms with Crippen LogP contribution in [0.15, 0.2) is 35.2 Å². The van der Waals surface area contributed by atoms with E-state index in [1.807, 2.05) is 4.90 Å². The Morgan fingerprint density at radius 3 is 2.43 bits per heavy atom. The molecule has 2 aromatic carbocycles. The molecule has 162 valence electrons. The number of morpholine rings is 1. The smallest absolute Gasteiger partial charge is 0.338 e. The summed E-state index contributed by atoms with van der Waals surface area (Å²) >= 11 is 18.0. The lowest BCUT2D eigenvalue weighted by molar-refractivity contribution is 0.0526. The van der Waals surface area contributed by atoms with Crippen molar-refractivity contribution in [1.82, 2.24) is 0 Å². The lowest BCUT2D eigenvalue weighted by Crippen LogP contribution is -2.36. The van der Waals surface area contributed by atoms with Gasteiger partial charge in [0.1, 0.15) is 4.90 Å². The van der Waals surface area contributed by atoms with Crippen LogP contribution in [0.3, 0.4) is 0 Å². The van der Waals surface area contributed by atoms with Crippen molar-refractivity contribution < 1.29 is 22.7 Å². The van der Waals surface area contributed by atoms with Gasteiger partial charge >= 0.3 is 5.97 Å². The van der Waals surface area contributed by atoms with Gasteiger partial charge in [-0.3, -0.25) is 4.72 Å². The Bertz CT molecular complexity index is 1060. The van der Waals surface area contributed by atoms with Gasteiger partial charge in [0.2, 0.25) is 0 Å². The molecule has 0 bridgehead atoms. The molecule has 1 saturated heterocycles.